The van der Waals surface area contributed by atoms with E-state index in [1.165, 1.54) is 25.3 Å². The van der Waals surface area contributed by atoms with Crippen LogP contribution < -0.4 is 14.8 Å². The van der Waals surface area contributed by atoms with E-state index in [1.807, 2.05) is 0 Å². The van der Waals surface area contributed by atoms with Crippen LogP contribution in [0, 0.1) is 0 Å². The summed E-state index contributed by atoms with van der Waals surface area (Å²) in [4.78, 5) is 11.6. The van der Waals surface area contributed by atoms with Crippen molar-refractivity contribution in [3.8, 4) is 5.75 Å². The van der Waals surface area contributed by atoms with E-state index in [1.54, 1.807) is 20.8 Å². The predicted molar refractivity (Wildman–Crippen MR) is 81.1 cm³/mol. The van der Waals surface area contributed by atoms with Crippen LogP contribution in [0.2, 0.25) is 5.02 Å². The Kier molecular flexibility index (Phi) is 5.61. The normalized spacial score (nSPS) is 12.0. The van der Waals surface area contributed by atoms with Gasteiger partial charge in [0.25, 0.3) is 0 Å². The molecule has 0 unspecified atom stereocenters. The summed E-state index contributed by atoms with van der Waals surface area (Å²) in [6.07, 6.45) is 0. The Morgan fingerprint density at radius 1 is 1.33 bits per heavy atom. The summed E-state index contributed by atoms with van der Waals surface area (Å²) >= 11 is 5.80. The lowest BCUT2D eigenvalue weighted by Crippen LogP contribution is -2.45. The summed E-state index contributed by atoms with van der Waals surface area (Å²) in [5.74, 6) is -0.268. The third-order valence-corrected chi connectivity index (χ3v) is 4.01. The van der Waals surface area contributed by atoms with Crippen LogP contribution in [0.4, 0.5) is 0 Å². The van der Waals surface area contributed by atoms with Crippen molar-refractivity contribution < 1.29 is 17.9 Å². The number of amides is 1. The number of carbonyl (C=O) groups is 1. The Labute approximate surface area is 129 Å². The number of sulfonamides is 1. The first-order valence-corrected chi connectivity index (χ1v) is 8.05. The van der Waals surface area contributed by atoms with Gasteiger partial charge in [0.1, 0.15) is 10.6 Å². The van der Waals surface area contributed by atoms with Crippen LogP contribution in [0.15, 0.2) is 23.1 Å². The zero-order valence-electron chi connectivity index (χ0n) is 12.4. The fraction of sp³-hybridized carbons (Fsp3) is 0.462. The number of methoxy groups -OCH3 is 1. The van der Waals surface area contributed by atoms with Crippen molar-refractivity contribution in [3.63, 3.8) is 0 Å². The van der Waals surface area contributed by atoms with Gasteiger partial charge >= 0.3 is 0 Å². The van der Waals surface area contributed by atoms with Crippen LogP contribution in [0.1, 0.15) is 20.8 Å². The van der Waals surface area contributed by atoms with Gasteiger partial charge in [0, 0.05) is 10.6 Å². The number of rotatable bonds is 5. The quantitative estimate of drug-likeness (QED) is 0.855. The standard InChI is InChI=1S/C13H19ClN2O4S/c1-13(2,3)16-12(17)8-15-21(18,19)11-7-9(14)5-6-10(11)20-4/h5-7,15H,8H2,1-4H3,(H,16,17). The van der Waals surface area contributed by atoms with Crippen molar-refractivity contribution >= 4 is 27.5 Å². The first-order valence-electron chi connectivity index (χ1n) is 6.19. The van der Waals surface area contributed by atoms with E-state index in [0.29, 0.717) is 0 Å². The summed E-state index contributed by atoms with van der Waals surface area (Å²) in [6, 6.07) is 4.24. The van der Waals surface area contributed by atoms with E-state index < -0.39 is 21.5 Å². The summed E-state index contributed by atoms with van der Waals surface area (Å²) in [7, 11) is -2.54. The minimum absolute atomic E-state index is 0.110. The number of carbonyl (C=O) groups excluding carboxylic acids is 1. The molecule has 1 aromatic carbocycles. The maximum atomic E-state index is 12.2. The van der Waals surface area contributed by atoms with E-state index in [-0.39, 0.29) is 22.2 Å². The molecule has 0 aliphatic heterocycles. The smallest absolute Gasteiger partial charge is 0.244 e. The molecule has 0 saturated heterocycles. The molecule has 8 heteroatoms. The predicted octanol–water partition coefficient (Wildman–Crippen LogP) is 1.54. The molecule has 1 aromatic rings. The monoisotopic (exact) mass is 334 g/mol. The second kappa shape index (κ2) is 6.64. The van der Waals surface area contributed by atoms with Crippen molar-refractivity contribution in [2.45, 2.75) is 31.2 Å². The summed E-state index contributed by atoms with van der Waals surface area (Å²) in [5.41, 5.74) is -0.434. The second-order valence-electron chi connectivity index (χ2n) is 5.42. The Bertz CT molecular complexity index is 624. The number of hydrogen-bond acceptors (Lipinski definition) is 4. The molecule has 0 aliphatic carbocycles. The topological polar surface area (TPSA) is 84.5 Å². The van der Waals surface area contributed by atoms with Crippen molar-refractivity contribution in [1.29, 1.82) is 0 Å². The molecule has 21 heavy (non-hydrogen) atoms. The number of hydrogen-bond donors (Lipinski definition) is 2. The van der Waals surface area contributed by atoms with Gasteiger partial charge in [0.15, 0.2) is 0 Å². The van der Waals surface area contributed by atoms with Gasteiger partial charge < -0.3 is 10.1 Å². The number of ether oxygens (including phenoxy) is 1. The molecule has 6 nitrogen and oxygen atoms in total. The van der Waals surface area contributed by atoms with Crippen LogP contribution >= 0.6 is 11.6 Å². The average molecular weight is 335 g/mol. The highest BCUT2D eigenvalue weighted by atomic mass is 35.5. The molecule has 118 valence electrons. The molecule has 0 heterocycles. The molecular weight excluding hydrogens is 316 g/mol. The first kappa shape index (κ1) is 17.7. The molecule has 0 spiro atoms. The van der Waals surface area contributed by atoms with Gasteiger partial charge in [0.05, 0.1) is 13.7 Å². The molecular formula is C13H19ClN2O4S. The second-order valence-corrected chi connectivity index (χ2v) is 7.59. The zero-order valence-corrected chi connectivity index (χ0v) is 13.9. The molecule has 0 saturated carbocycles. The molecule has 0 bridgehead atoms. The Balaban J connectivity index is 2.88. The largest absolute Gasteiger partial charge is 0.495 e. The lowest BCUT2D eigenvalue weighted by molar-refractivity contribution is -0.121. The maximum Gasteiger partial charge on any atom is 0.244 e. The van der Waals surface area contributed by atoms with Crippen LogP contribution in [0.25, 0.3) is 0 Å². The Hall–Kier alpha value is -1.31. The van der Waals surface area contributed by atoms with Crippen molar-refractivity contribution in [2.24, 2.45) is 0 Å². The van der Waals surface area contributed by atoms with E-state index >= 15 is 0 Å². The van der Waals surface area contributed by atoms with Gasteiger partial charge in [-0.15, -0.1) is 0 Å². The van der Waals surface area contributed by atoms with Crippen LogP contribution in [0.3, 0.4) is 0 Å². The number of halogens is 1. The highest BCUT2D eigenvalue weighted by molar-refractivity contribution is 7.89. The zero-order chi connectivity index (χ0) is 16.3. The van der Waals surface area contributed by atoms with Crippen molar-refractivity contribution in [1.82, 2.24) is 10.0 Å². The molecule has 0 aliphatic rings. The van der Waals surface area contributed by atoms with Crippen LogP contribution in [-0.4, -0.2) is 33.5 Å². The molecule has 2 N–H and O–H groups in total. The van der Waals surface area contributed by atoms with Crippen LogP contribution in [-0.2, 0) is 14.8 Å². The average Bonchev–Trinajstić information content (AvgIpc) is 2.34. The van der Waals surface area contributed by atoms with Crippen molar-refractivity contribution in [3.05, 3.63) is 23.2 Å². The minimum Gasteiger partial charge on any atom is -0.495 e. The lowest BCUT2D eigenvalue weighted by atomic mass is 10.1. The van der Waals surface area contributed by atoms with Crippen LogP contribution in [0.5, 0.6) is 5.75 Å². The van der Waals surface area contributed by atoms with Crippen molar-refractivity contribution in [2.75, 3.05) is 13.7 Å². The summed E-state index contributed by atoms with van der Waals surface area (Å²) in [5, 5.41) is 2.92. The SMILES string of the molecule is COc1ccc(Cl)cc1S(=O)(=O)NCC(=O)NC(C)(C)C. The van der Waals surface area contributed by atoms with Gasteiger partial charge in [-0.1, -0.05) is 11.6 Å². The molecule has 0 fully saturated rings. The summed E-state index contributed by atoms with van der Waals surface area (Å²) in [6.45, 7) is 5.05. The van der Waals surface area contributed by atoms with E-state index in [4.69, 9.17) is 16.3 Å². The molecule has 0 aromatic heterocycles. The molecule has 1 amide bonds. The van der Waals surface area contributed by atoms with E-state index in [2.05, 4.69) is 10.0 Å². The highest BCUT2D eigenvalue weighted by Gasteiger charge is 2.22. The van der Waals surface area contributed by atoms with Gasteiger partial charge in [-0.3, -0.25) is 4.79 Å². The Morgan fingerprint density at radius 3 is 2.48 bits per heavy atom. The fourth-order valence-electron chi connectivity index (χ4n) is 1.56. The third kappa shape index (κ3) is 5.53. The van der Waals surface area contributed by atoms with Gasteiger partial charge in [0.2, 0.25) is 15.9 Å². The minimum atomic E-state index is -3.90. The van der Waals surface area contributed by atoms with Gasteiger partial charge in [-0.25, -0.2) is 13.1 Å². The first-order chi connectivity index (χ1) is 9.55. The molecule has 0 radical (unpaired) electrons. The van der Waals surface area contributed by atoms with E-state index in [0.717, 1.165) is 0 Å². The maximum absolute atomic E-state index is 12.2. The summed E-state index contributed by atoms with van der Waals surface area (Å²) < 4.78 is 31.6. The lowest BCUT2D eigenvalue weighted by Gasteiger charge is -2.20. The molecule has 0 atom stereocenters. The highest BCUT2D eigenvalue weighted by Crippen LogP contribution is 2.26. The Morgan fingerprint density at radius 2 is 1.95 bits per heavy atom. The van der Waals surface area contributed by atoms with Gasteiger partial charge in [-0.2, -0.15) is 0 Å². The van der Waals surface area contributed by atoms with E-state index in [9.17, 15) is 13.2 Å². The molecule has 1 rings (SSSR count). The third-order valence-electron chi connectivity index (χ3n) is 2.35. The fourth-order valence-corrected chi connectivity index (χ4v) is 2.97. The van der Waals surface area contributed by atoms with Gasteiger partial charge in [-0.05, 0) is 39.0 Å². The number of nitrogens with one attached hydrogen (secondary N) is 2. The number of benzene rings is 1.